The molecule has 0 unspecified atom stereocenters. The highest BCUT2D eigenvalue weighted by atomic mass is 35.5. The maximum absolute atomic E-state index is 13.3. The lowest BCUT2D eigenvalue weighted by molar-refractivity contribution is -0.123. The lowest BCUT2D eigenvalue weighted by Gasteiger charge is -2.34. The van der Waals surface area contributed by atoms with E-state index in [-0.39, 0.29) is 23.0 Å². The Kier molecular flexibility index (Phi) is 7.69. The smallest absolute Gasteiger partial charge is 0.230 e. The topological polar surface area (TPSA) is 37.4 Å². The van der Waals surface area contributed by atoms with Crippen LogP contribution in [-0.2, 0) is 9.59 Å². The van der Waals surface area contributed by atoms with Gasteiger partial charge in [-0.25, -0.2) is 0 Å². The fraction of sp³-hybridized carbons (Fsp3) is 0.619. The zero-order chi connectivity index (χ0) is 20.4. The molecule has 1 aromatic carbocycles. The van der Waals surface area contributed by atoms with E-state index < -0.39 is 5.41 Å². The van der Waals surface area contributed by atoms with Gasteiger partial charge in [0, 0.05) is 22.3 Å². The van der Waals surface area contributed by atoms with Gasteiger partial charge >= 0.3 is 0 Å². The van der Waals surface area contributed by atoms with Gasteiger partial charge in [0.05, 0.1) is 15.7 Å². The van der Waals surface area contributed by atoms with Gasteiger partial charge in [-0.3, -0.25) is 9.59 Å². The number of nitrogens with zero attached hydrogens (tertiary/aromatic N) is 1. The molecule has 1 aliphatic carbocycles. The van der Waals surface area contributed by atoms with Crippen molar-refractivity contribution in [3.8, 4) is 0 Å². The number of thioether (sulfide) groups is 1. The normalized spacial score (nSPS) is 15.9. The predicted octanol–water partition coefficient (Wildman–Crippen LogP) is 6.98. The van der Waals surface area contributed by atoms with Crippen LogP contribution in [0, 0.1) is 11.3 Å². The molecule has 0 heterocycles. The van der Waals surface area contributed by atoms with Crippen LogP contribution in [0.25, 0.3) is 0 Å². The van der Waals surface area contributed by atoms with E-state index in [2.05, 4.69) is 0 Å². The molecule has 150 valence electrons. The van der Waals surface area contributed by atoms with Crippen molar-refractivity contribution in [1.82, 2.24) is 0 Å². The summed E-state index contributed by atoms with van der Waals surface area (Å²) < 4.78 is 0. The second kappa shape index (κ2) is 9.19. The quantitative estimate of drug-likeness (QED) is 0.484. The van der Waals surface area contributed by atoms with Crippen molar-refractivity contribution in [3.63, 3.8) is 0 Å². The van der Waals surface area contributed by atoms with E-state index in [1.807, 2.05) is 34.6 Å². The molecule has 1 aromatic rings. The van der Waals surface area contributed by atoms with Crippen LogP contribution in [0.2, 0.25) is 10.0 Å². The fourth-order valence-corrected chi connectivity index (χ4v) is 4.57. The minimum Gasteiger partial charge on any atom is -0.308 e. The number of hydrogen-bond acceptors (Lipinski definition) is 3. The first-order valence-electron chi connectivity index (χ1n) is 9.56. The lowest BCUT2D eigenvalue weighted by atomic mass is 9.88. The molecule has 0 aliphatic heterocycles. The molecular weight excluding hydrogens is 401 g/mol. The van der Waals surface area contributed by atoms with Crippen molar-refractivity contribution in [3.05, 3.63) is 22.2 Å². The standard InChI is InChI=1S/C21H29Cl2NO2S/c1-13(2)24(19(25)14-9-7-6-8-10-14)17-11-15(22)16(23)12-18(17)27-20(26)21(3,4)5/h11-14H,6-10H2,1-5H3. The zero-order valence-corrected chi connectivity index (χ0v) is 19.1. The third kappa shape index (κ3) is 5.65. The third-order valence-corrected chi connectivity index (χ3v) is 6.85. The van der Waals surface area contributed by atoms with Crippen LogP contribution in [0.1, 0.15) is 66.7 Å². The summed E-state index contributed by atoms with van der Waals surface area (Å²) in [5.41, 5.74) is 0.182. The number of anilines is 1. The monoisotopic (exact) mass is 429 g/mol. The second-order valence-corrected chi connectivity index (χ2v) is 10.3. The summed E-state index contributed by atoms with van der Waals surface area (Å²) in [4.78, 5) is 28.4. The van der Waals surface area contributed by atoms with E-state index in [0.717, 1.165) is 37.4 Å². The Morgan fingerprint density at radius 1 is 1.07 bits per heavy atom. The van der Waals surface area contributed by atoms with Crippen LogP contribution < -0.4 is 4.90 Å². The van der Waals surface area contributed by atoms with Crippen molar-refractivity contribution >= 4 is 51.7 Å². The average molecular weight is 430 g/mol. The number of benzene rings is 1. The zero-order valence-electron chi connectivity index (χ0n) is 16.8. The number of rotatable bonds is 4. The van der Waals surface area contributed by atoms with E-state index in [4.69, 9.17) is 23.2 Å². The molecule has 1 amide bonds. The van der Waals surface area contributed by atoms with Gasteiger partial charge in [-0.2, -0.15) is 0 Å². The van der Waals surface area contributed by atoms with Gasteiger partial charge in [-0.15, -0.1) is 0 Å². The Morgan fingerprint density at radius 2 is 1.63 bits per heavy atom. The van der Waals surface area contributed by atoms with Crippen molar-refractivity contribution in [1.29, 1.82) is 0 Å². The molecule has 0 aromatic heterocycles. The van der Waals surface area contributed by atoms with E-state index in [1.165, 1.54) is 6.42 Å². The molecule has 1 aliphatic rings. The molecule has 1 fully saturated rings. The third-order valence-electron chi connectivity index (χ3n) is 4.78. The van der Waals surface area contributed by atoms with Crippen LogP contribution in [-0.4, -0.2) is 17.1 Å². The SMILES string of the molecule is CC(C)N(C(=O)C1CCCCC1)c1cc(Cl)c(Cl)cc1SC(=O)C(C)(C)C. The van der Waals surface area contributed by atoms with E-state index in [9.17, 15) is 9.59 Å². The minimum absolute atomic E-state index is 0.0240. The van der Waals surface area contributed by atoms with Crippen LogP contribution in [0.4, 0.5) is 5.69 Å². The minimum atomic E-state index is -0.496. The summed E-state index contributed by atoms with van der Waals surface area (Å²) in [6.45, 7) is 9.62. The molecule has 1 saturated carbocycles. The molecule has 0 radical (unpaired) electrons. The van der Waals surface area contributed by atoms with Gasteiger partial charge in [0.15, 0.2) is 5.12 Å². The number of hydrogen-bond donors (Lipinski definition) is 0. The van der Waals surface area contributed by atoms with E-state index in [1.54, 1.807) is 17.0 Å². The molecular formula is C21H29Cl2NO2S. The molecule has 27 heavy (non-hydrogen) atoms. The first-order valence-corrected chi connectivity index (χ1v) is 11.1. The first-order chi connectivity index (χ1) is 12.5. The van der Waals surface area contributed by atoms with E-state index in [0.29, 0.717) is 20.6 Å². The second-order valence-electron chi connectivity index (χ2n) is 8.51. The molecule has 0 atom stereocenters. The van der Waals surface area contributed by atoms with Crippen LogP contribution in [0.3, 0.4) is 0 Å². The fourth-order valence-electron chi connectivity index (χ4n) is 3.24. The van der Waals surface area contributed by atoms with Gasteiger partial charge in [-0.05, 0) is 50.6 Å². The van der Waals surface area contributed by atoms with E-state index >= 15 is 0 Å². The Balaban J connectivity index is 2.46. The number of amides is 1. The van der Waals surface area contributed by atoms with Gasteiger partial charge in [0.25, 0.3) is 0 Å². The lowest BCUT2D eigenvalue weighted by Crippen LogP contribution is -2.42. The Labute approximate surface area is 177 Å². The van der Waals surface area contributed by atoms with Gasteiger partial charge in [0.2, 0.25) is 5.91 Å². The maximum atomic E-state index is 13.3. The highest BCUT2D eigenvalue weighted by Gasteiger charge is 2.32. The number of carbonyl (C=O) groups is 2. The van der Waals surface area contributed by atoms with Crippen molar-refractivity contribution in [2.24, 2.45) is 11.3 Å². The Morgan fingerprint density at radius 3 is 2.15 bits per heavy atom. The maximum Gasteiger partial charge on any atom is 0.230 e. The summed E-state index contributed by atoms with van der Waals surface area (Å²) in [6, 6.07) is 3.39. The van der Waals surface area contributed by atoms with Crippen LogP contribution in [0.15, 0.2) is 17.0 Å². The van der Waals surface area contributed by atoms with Crippen molar-refractivity contribution in [2.75, 3.05) is 4.90 Å². The molecule has 6 heteroatoms. The highest BCUT2D eigenvalue weighted by Crippen LogP contribution is 2.41. The van der Waals surface area contributed by atoms with Gasteiger partial charge in [0.1, 0.15) is 0 Å². The molecule has 3 nitrogen and oxygen atoms in total. The molecule has 0 bridgehead atoms. The molecule has 2 rings (SSSR count). The molecule has 0 spiro atoms. The summed E-state index contributed by atoms with van der Waals surface area (Å²) in [6.07, 6.45) is 5.22. The van der Waals surface area contributed by atoms with Crippen LogP contribution >= 0.6 is 35.0 Å². The molecule has 0 N–H and O–H groups in total. The van der Waals surface area contributed by atoms with Crippen molar-refractivity contribution < 1.29 is 9.59 Å². The highest BCUT2D eigenvalue weighted by molar-refractivity contribution is 8.13. The number of carbonyl (C=O) groups excluding carboxylic acids is 2. The average Bonchev–Trinajstić information content (AvgIpc) is 2.58. The summed E-state index contributed by atoms with van der Waals surface area (Å²) in [5.74, 6) is 0.153. The van der Waals surface area contributed by atoms with Crippen LogP contribution in [0.5, 0.6) is 0 Å². The Hall–Kier alpha value is -0.710. The summed E-state index contributed by atoms with van der Waals surface area (Å²) >= 11 is 13.7. The summed E-state index contributed by atoms with van der Waals surface area (Å²) in [7, 11) is 0. The largest absolute Gasteiger partial charge is 0.308 e. The van der Waals surface area contributed by atoms with Crippen molar-refractivity contribution in [2.45, 2.75) is 77.7 Å². The number of halogens is 2. The van der Waals surface area contributed by atoms with Gasteiger partial charge < -0.3 is 4.90 Å². The summed E-state index contributed by atoms with van der Waals surface area (Å²) in [5, 5.41) is 0.802. The van der Waals surface area contributed by atoms with Gasteiger partial charge in [-0.1, -0.05) is 63.2 Å². The first kappa shape index (κ1) is 22.6. The molecule has 0 saturated heterocycles. The Bertz CT molecular complexity index is 707. The predicted molar refractivity (Wildman–Crippen MR) is 116 cm³/mol.